The van der Waals surface area contributed by atoms with Gasteiger partial charge in [-0.25, -0.2) is 9.59 Å². The number of carboxylic acid groups (broad SMARTS) is 2. The summed E-state index contributed by atoms with van der Waals surface area (Å²) < 4.78 is 67.6. The van der Waals surface area contributed by atoms with Crippen LogP contribution in [0, 0.1) is 0 Å². The third kappa shape index (κ3) is 9.06. The minimum Gasteiger partial charge on any atom is -0.493 e. The predicted molar refractivity (Wildman–Crippen MR) is 130 cm³/mol. The van der Waals surface area contributed by atoms with Gasteiger partial charge in [0.05, 0.1) is 38.6 Å². The van der Waals surface area contributed by atoms with Gasteiger partial charge in [-0.3, -0.25) is 9.59 Å². The van der Waals surface area contributed by atoms with E-state index in [0.29, 0.717) is 6.07 Å². The maximum absolute atomic E-state index is 13.9. The Balaban J connectivity index is 2.32. The Hall–Kier alpha value is -4.49. The van der Waals surface area contributed by atoms with Gasteiger partial charge in [-0.15, -0.1) is 0 Å². The molecule has 0 aliphatic heterocycles. The average molecular weight is 572 g/mol. The van der Waals surface area contributed by atoms with Crippen molar-refractivity contribution in [2.75, 3.05) is 27.4 Å². The highest BCUT2D eigenvalue weighted by Crippen LogP contribution is 2.41. The summed E-state index contributed by atoms with van der Waals surface area (Å²) >= 11 is 0. The number of halogens is 3. The molecule has 0 atom stereocenters. The second-order valence-corrected chi connectivity index (χ2v) is 8.10. The SMILES string of the molecule is COc1ccc(C(=O)OCCCC(=O)O)c(OCc2ccc(C(=O)OCCCC(=O)O)cc2C(F)(F)F)c1OC. The molecule has 11 nitrogen and oxygen atoms in total. The zero-order valence-electron chi connectivity index (χ0n) is 21.5. The van der Waals surface area contributed by atoms with E-state index in [1.807, 2.05) is 0 Å². The zero-order chi connectivity index (χ0) is 29.9. The van der Waals surface area contributed by atoms with Crippen molar-refractivity contribution in [2.24, 2.45) is 0 Å². The normalized spacial score (nSPS) is 10.9. The second-order valence-electron chi connectivity index (χ2n) is 8.10. The van der Waals surface area contributed by atoms with Gasteiger partial charge in [0.15, 0.2) is 11.5 Å². The molecule has 2 aromatic rings. The summed E-state index contributed by atoms with van der Waals surface area (Å²) in [6, 6.07) is 5.29. The van der Waals surface area contributed by atoms with Crippen LogP contribution in [0.5, 0.6) is 17.2 Å². The highest BCUT2D eigenvalue weighted by molar-refractivity contribution is 5.94. The van der Waals surface area contributed by atoms with Crippen molar-refractivity contribution >= 4 is 23.9 Å². The fraction of sp³-hybridized carbons (Fsp3) is 0.385. The molecule has 2 aromatic carbocycles. The molecule has 0 amide bonds. The number of esters is 2. The van der Waals surface area contributed by atoms with E-state index < -0.39 is 47.8 Å². The van der Waals surface area contributed by atoms with E-state index in [4.69, 9.17) is 33.9 Å². The van der Waals surface area contributed by atoms with Crippen molar-refractivity contribution in [3.05, 3.63) is 52.6 Å². The number of ether oxygens (including phenoxy) is 5. The van der Waals surface area contributed by atoms with Gasteiger partial charge < -0.3 is 33.9 Å². The van der Waals surface area contributed by atoms with Crippen molar-refractivity contribution in [1.82, 2.24) is 0 Å². The van der Waals surface area contributed by atoms with Crippen molar-refractivity contribution in [2.45, 2.75) is 38.5 Å². The van der Waals surface area contributed by atoms with Gasteiger partial charge in [0.25, 0.3) is 0 Å². The summed E-state index contributed by atoms with van der Waals surface area (Å²) in [5.74, 6) is -4.45. The van der Waals surface area contributed by atoms with Crippen molar-refractivity contribution in [3.8, 4) is 17.2 Å². The molecule has 2 rings (SSSR count). The molecule has 0 saturated carbocycles. The molecule has 0 aliphatic rings. The number of rotatable bonds is 15. The first-order chi connectivity index (χ1) is 18.9. The molecular weight excluding hydrogens is 545 g/mol. The molecule has 0 bridgehead atoms. The number of aliphatic carboxylic acids is 2. The Morgan fingerprint density at radius 1 is 0.800 bits per heavy atom. The summed E-state index contributed by atoms with van der Waals surface area (Å²) in [5, 5.41) is 17.3. The van der Waals surface area contributed by atoms with Crippen LogP contribution in [0.1, 0.15) is 57.5 Å². The lowest BCUT2D eigenvalue weighted by Crippen LogP contribution is -2.15. The van der Waals surface area contributed by atoms with Gasteiger partial charge in [0, 0.05) is 18.4 Å². The largest absolute Gasteiger partial charge is 0.493 e. The molecule has 0 radical (unpaired) electrons. The molecule has 0 fully saturated rings. The average Bonchev–Trinajstić information content (AvgIpc) is 2.90. The van der Waals surface area contributed by atoms with Crippen molar-refractivity contribution in [3.63, 3.8) is 0 Å². The maximum Gasteiger partial charge on any atom is 0.416 e. The summed E-state index contributed by atoms with van der Waals surface area (Å²) in [6.07, 6.45) is -5.39. The van der Waals surface area contributed by atoms with Gasteiger partial charge in [0.1, 0.15) is 12.2 Å². The van der Waals surface area contributed by atoms with Crippen LogP contribution in [0.2, 0.25) is 0 Å². The Labute approximate surface area is 226 Å². The fourth-order valence-electron chi connectivity index (χ4n) is 3.38. The zero-order valence-corrected chi connectivity index (χ0v) is 21.5. The number of carbonyl (C=O) groups is 4. The summed E-state index contributed by atoms with van der Waals surface area (Å²) in [7, 11) is 2.53. The van der Waals surface area contributed by atoms with Crippen LogP contribution in [0.3, 0.4) is 0 Å². The number of benzene rings is 2. The first-order valence-electron chi connectivity index (χ1n) is 11.7. The molecule has 218 valence electrons. The van der Waals surface area contributed by atoms with E-state index in [2.05, 4.69) is 0 Å². The number of carboxylic acids is 2. The Morgan fingerprint density at radius 3 is 1.93 bits per heavy atom. The molecule has 40 heavy (non-hydrogen) atoms. The molecule has 2 N–H and O–H groups in total. The fourth-order valence-corrected chi connectivity index (χ4v) is 3.38. The first kappa shape index (κ1) is 31.7. The standard InChI is InChI=1S/C26H27F3O11/c1-36-19-10-9-17(25(35)39-12-4-6-21(32)33)22(23(19)37-2)40-14-16-8-7-15(13-18(16)26(27,28)29)24(34)38-11-3-5-20(30)31/h7-10,13H,3-6,11-12,14H2,1-2H3,(H,30,31)(H,32,33). The second kappa shape index (κ2) is 14.6. The van der Waals surface area contributed by atoms with Gasteiger partial charge in [-0.05, 0) is 37.1 Å². The number of methoxy groups -OCH3 is 2. The number of hydrogen-bond donors (Lipinski definition) is 2. The summed E-state index contributed by atoms with van der Waals surface area (Å²) in [5.41, 5.74) is -2.20. The lowest BCUT2D eigenvalue weighted by atomic mass is 10.0. The minimum atomic E-state index is -4.90. The summed E-state index contributed by atoms with van der Waals surface area (Å²) in [4.78, 5) is 46.1. The quantitative estimate of drug-likeness (QED) is 0.231. The maximum atomic E-state index is 13.9. The first-order valence-corrected chi connectivity index (χ1v) is 11.7. The Kier molecular flexibility index (Phi) is 11.6. The molecule has 0 aliphatic carbocycles. The smallest absolute Gasteiger partial charge is 0.416 e. The number of carbonyl (C=O) groups excluding carboxylic acids is 2. The van der Waals surface area contributed by atoms with Crippen molar-refractivity contribution < 1.29 is 66.2 Å². The van der Waals surface area contributed by atoms with Crippen LogP contribution in [0.15, 0.2) is 30.3 Å². The Morgan fingerprint density at radius 2 is 1.40 bits per heavy atom. The summed E-state index contributed by atoms with van der Waals surface area (Å²) in [6.45, 7) is -1.24. The van der Waals surface area contributed by atoms with E-state index in [1.165, 1.54) is 26.4 Å². The molecule has 0 unspecified atom stereocenters. The van der Waals surface area contributed by atoms with Crippen LogP contribution in [0.4, 0.5) is 13.2 Å². The topological polar surface area (TPSA) is 155 Å². The van der Waals surface area contributed by atoms with Crippen LogP contribution in [-0.4, -0.2) is 61.5 Å². The predicted octanol–water partition coefficient (Wildman–Crippen LogP) is 4.34. The van der Waals surface area contributed by atoms with E-state index in [9.17, 15) is 32.3 Å². The lowest BCUT2D eigenvalue weighted by molar-refractivity contribution is -0.139. The highest BCUT2D eigenvalue weighted by atomic mass is 19.4. The van der Waals surface area contributed by atoms with Gasteiger partial charge in [-0.1, -0.05) is 6.07 Å². The molecule has 0 saturated heterocycles. The van der Waals surface area contributed by atoms with E-state index in [1.54, 1.807) is 0 Å². The molecule has 0 aromatic heterocycles. The van der Waals surface area contributed by atoms with Crippen LogP contribution in [-0.2, 0) is 31.8 Å². The van der Waals surface area contributed by atoms with Crippen LogP contribution in [0.25, 0.3) is 0 Å². The number of alkyl halides is 3. The third-order valence-electron chi connectivity index (χ3n) is 5.28. The minimum absolute atomic E-state index is 0.00811. The van der Waals surface area contributed by atoms with E-state index in [0.717, 1.165) is 12.1 Å². The number of hydrogen-bond acceptors (Lipinski definition) is 9. The van der Waals surface area contributed by atoms with Gasteiger partial charge in [0.2, 0.25) is 5.75 Å². The van der Waals surface area contributed by atoms with Crippen LogP contribution >= 0.6 is 0 Å². The van der Waals surface area contributed by atoms with E-state index in [-0.39, 0.29) is 67.3 Å². The van der Waals surface area contributed by atoms with Crippen molar-refractivity contribution in [1.29, 1.82) is 0 Å². The lowest BCUT2D eigenvalue weighted by Gasteiger charge is -2.19. The van der Waals surface area contributed by atoms with Crippen LogP contribution < -0.4 is 14.2 Å². The van der Waals surface area contributed by atoms with Gasteiger partial charge >= 0.3 is 30.1 Å². The van der Waals surface area contributed by atoms with Gasteiger partial charge in [-0.2, -0.15) is 13.2 Å². The highest BCUT2D eigenvalue weighted by Gasteiger charge is 2.35. The molecule has 0 spiro atoms. The molecular formula is C26H27F3O11. The third-order valence-corrected chi connectivity index (χ3v) is 5.28. The van der Waals surface area contributed by atoms with E-state index >= 15 is 0 Å². The molecule has 14 heteroatoms. The monoisotopic (exact) mass is 572 g/mol. The molecule has 0 heterocycles. The Bertz CT molecular complexity index is 1230.